The molecule has 0 unspecified atom stereocenters. The number of carboxylic acid groups (broad SMARTS) is 1. The third-order valence-electron chi connectivity index (χ3n) is 3.16. The average molecular weight is 294 g/mol. The number of aromatic carboxylic acids is 1. The van der Waals surface area contributed by atoms with Gasteiger partial charge >= 0.3 is 5.97 Å². The highest BCUT2D eigenvalue weighted by atomic mass is 16.4. The molecule has 0 fully saturated rings. The topological polar surface area (TPSA) is 80.0 Å². The fourth-order valence-electron chi connectivity index (χ4n) is 2.11. The quantitative estimate of drug-likeness (QED) is 0.756. The molecule has 0 radical (unpaired) electrons. The maximum atomic E-state index is 11.3. The summed E-state index contributed by atoms with van der Waals surface area (Å²) in [5.74, 6) is -0.194. The monoisotopic (exact) mass is 294 g/mol. The van der Waals surface area contributed by atoms with Crippen molar-refractivity contribution >= 4 is 11.8 Å². The number of nitrogens with zero attached hydrogens (tertiary/aromatic N) is 3. The highest BCUT2D eigenvalue weighted by Crippen LogP contribution is 2.15. The van der Waals surface area contributed by atoms with Crippen molar-refractivity contribution in [2.24, 2.45) is 0 Å². The van der Waals surface area contributed by atoms with Crippen LogP contribution in [0, 0.1) is 0 Å². The summed E-state index contributed by atoms with van der Waals surface area (Å²) in [6.07, 6.45) is 5.12. The number of carbonyl (C=O) groups is 1. The Kier molecular flexibility index (Phi) is 3.82. The average Bonchev–Trinajstić information content (AvgIpc) is 3.03. The molecule has 0 aliphatic heterocycles. The lowest BCUT2D eigenvalue weighted by Crippen LogP contribution is -2.04. The molecule has 2 N–H and O–H groups in total. The number of hydrogen-bond acceptors (Lipinski definition) is 4. The molecule has 3 aromatic rings. The number of anilines is 1. The van der Waals surface area contributed by atoms with Gasteiger partial charge in [0.15, 0.2) is 0 Å². The van der Waals surface area contributed by atoms with Crippen molar-refractivity contribution in [3.8, 4) is 5.69 Å². The minimum atomic E-state index is -0.961. The lowest BCUT2D eigenvalue weighted by Gasteiger charge is -2.06. The summed E-state index contributed by atoms with van der Waals surface area (Å²) >= 11 is 0. The normalized spacial score (nSPS) is 10.4. The minimum absolute atomic E-state index is 0.240. The van der Waals surface area contributed by atoms with Gasteiger partial charge in [0, 0.05) is 12.4 Å². The van der Waals surface area contributed by atoms with Gasteiger partial charge in [0.25, 0.3) is 0 Å². The Morgan fingerprint density at radius 2 is 1.95 bits per heavy atom. The number of carboxylic acids is 1. The Balaban J connectivity index is 1.78. The van der Waals surface area contributed by atoms with E-state index in [-0.39, 0.29) is 5.56 Å². The molecular formula is C16H14N4O2. The van der Waals surface area contributed by atoms with Crippen molar-refractivity contribution in [3.05, 3.63) is 72.4 Å². The molecule has 0 amide bonds. The maximum absolute atomic E-state index is 11.3. The van der Waals surface area contributed by atoms with Crippen LogP contribution in [0.4, 0.5) is 5.82 Å². The fraction of sp³-hybridized carbons (Fsp3) is 0.0625. The number of imidazole rings is 1. The maximum Gasteiger partial charge on any atom is 0.337 e. The van der Waals surface area contributed by atoms with Crippen LogP contribution in [-0.2, 0) is 6.54 Å². The molecular weight excluding hydrogens is 280 g/mol. The van der Waals surface area contributed by atoms with Crippen molar-refractivity contribution in [1.82, 2.24) is 14.5 Å². The Morgan fingerprint density at radius 3 is 2.73 bits per heavy atom. The second kappa shape index (κ2) is 6.09. The number of nitrogens with one attached hydrogen (secondary N) is 1. The van der Waals surface area contributed by atoms with Gasteiger partial charge < -0.3 is 15.0 Å². The summed E-state index contributed by atoms with van der Waals surface area (Å²) in [6.45, 7) is 0.513. The smallest absolute Gasteiger partial charge is 0.337 e. The van der Waals surface area contributed by atoms with Crippen molar-refractivity contribution < 1.29 is 9.90 Å². The van der Waals surface area contributed by atoms with Crippen LogP contribution in [0.2, 0.25) is 0 Å². The first-order valence-corrected chi connectivity index (χ1v) is 6.74. The molecule has 0 saturated heterocycles. The number of pyridine rings is 1. The van der Waals surface area contributed by atoms with Crippen molar-refractivity contribution in [2.45, 2.75) is 6.54 Å². The van der Waals surface area contributed by atoms with Crippen LogP contribution in [0.3, 0.4) is 0 Å². The van der Waals surface area contributed by atoms with Crippen molar-refractivity contribution in [1.29, 1.82) is 0 Å². The lowest BCUT2D eigenvalue weighted by molar-refractivity contribution is 0.0697. The van der Waals surface area contributed by atoms with E-state index in [1.165, 1.54) is 0 Å². The number of para-hydroxylation sites is 1. The molecule has 2 heterocycles. The summed E-state index contributed by atoms with van der Waals surface area (Å²) in [4.78, 5) is 19.7. The Hall–Kier alpha value is -3.15. The van der Waals surface area contributed by atoms with E-state index in [4.69, 9.17) is 0 Å². The van der Waals surface area contributed by atoms with Crippen LogP contribution in [0.1, 0.15) is 16.1 Å². The molecule has 0 aliphatic carbocycles. The Morgan fingerprint density at radius 1 is 1.14 bits per heavy atom. The number of aromatic nitrogens is 3. The predicted molar refractivity (Wildman–Crippen MR) is 82.1 cm³/mol. The van der Waals surface area contributed by atoms with E-state index in [9.17, 15) is 9.90 Å². The standard InChI is InChI=1S/C16H14N4O2/c21-16(22)13-5-1-2-6-14(13)20-10-12(19-11-20)9-18-15-7-3-4-8-17-15/h1-8,10-11H,9H2,(H,17,18)(H,21,22). The van der Waals surface area contributed by atoms with Gasteiger partial charge in [-0.1, -0.05) is 18.2 Å². The van der Waals surface area contributed by atoms with E-state index in [2.05, 4.69) is 15.3 Å². The molecule has 22 heavy (non-hydrogen) atoms. The van der Waals surface area contributed by atoms with Crippen LogP contribution in [0.25, 0.3) is 5.69 Å². The van der Waals surface area contributed by atoms with Gasteiger partial charge in [0.1, 0.15) is 5.82 Å². The van der Waals surface area contributed by atoms with Crippen molar-refractivity contribution in [2.75, 3.05) is 5.32 Å². The summed E-state index contributed by atoms with van der Waals surface area (Å²) in [5, 5.41) is 12.4. The van der Waals surface area contributed by atoms with Gasteiger partial charge in [0.2, 0.25) is 0 Å². The van der Waals surface area contributed by atoms with Gasteiger partial charge in [-0.2, -0.15) is 0 Å². The summed E-state index contributed by atoms with van der Waals surface area (Å²) in [5.41, 5.74) is 1.63. The van der Waals surface area contributed by atoms with Gasteiger partial charge in [-0.15, -0.1) is 0 Å². The summed E-state index contributed by atoms with van der Waals surface area (Å²) in [6, 6.07) is 12.4. The molecule has 6 heteroatoms. The molecule has 0 bridgehead atoms. The van der Waals surface area contributed by atoms with Gasteiger partial charge in [-0.05, 0) is 24.3 Å². The summed E-state index contributed by atoms with van der Waals surface area (Å²) in [7, 11) is 0. The molecule has 6 nitrogen and oxygen atoms in total. The van der Waals surface area contributed by atoms with Crippen LogP contribution in [0.5, 0.6) is 0 Å². The zero-order chi connectivity index (χ0) is 15.4. The van der Waals surface area contributed by atoms with E-state index < -0.39 is 5.97 Å². The van der Waals surface area contributed by atoms with Gasteiger partial charge in [-0.3, -0.25) is 0 Å². The molecule has 2 aromatic heterocycles. The molecule has 3 rings (SSSR count). The van der Waals surface area contributed by atoms with Crippen LogP contribution < -0.4 is 5.32 Å². The zero-order valence-electron chi connectivity index (χ0n) is 11.7. The van der Waals surface area contributed by atoms with E-state index in [0.29, 0.717) is 12.2 Å². The molecule has 1 aromatic carbocycles. The highest BCUT2D eigenvalue weighted by Gasteiger charge is 2.11. The second-order valence-electron chi connectivity index (χ2n) is 4.66. The molecule has 0 saturated carbocycles. The predicted octanol–water partition coefficient (Wildman–Crippen LogP) is 2.58. The minimum Gasteiger partial charge on any atom is -0.478 e. The van der Waals surface area contributed by atoms with Gasteiger partial charge in [-0.25, -0.2) is 14.8 Å². The largest absolute Gasteiger partial charge is 0.478 e. The number of benzene rings is 1. The van der Waals surface area contributed by atoms with E-state index in [1.807, 2.05) is 18.2 Å². The zero-order valence-corrected chi connectivity index (χ0v) is 11.7. The van der Waals surface area contributed by atoms with Crippen molar-refractivity contribution in [3.63, 3.8) is 0 Å². The lowest BCUT2D eigenvalue weighted by atomic mass is 10.2. The first-order valence-electron chi connectivity index (χ1n) is 6.74. The number of rotatable bonds is 5. The van der Waals surface area contributed by atoms with Crippen LogP contribution >= 0.6 is 0 Å². The van der Waals surface area contributed by atoms with Crippen LogP contribution in [0.15, 0.2) is 61.2 Å². The molecule has 0 atom stereocenters. The van der Waals surface area contributed by atoms with E-state index in [1.54, 1.807) is 47.6 Å². The van der Waals surface area contributed by atoms with Crippen LogP contribution in [-0.4, -0.2) is 25.6 Å². The molecule has 110 valence electrons. The first-order chi connectivity index (χ1) is 10.7. The SMILES string of the molecule is O=C(O)c1ccccc1-n1cnc(CNc2ccccn2)c1. The number of hydrogen-bond donors (Lipinski definition) is 2. The fourth-order valence-corrected chi connectivity index (χ4v) is 2.11. The first kappa shape index (κ1) is 13.8. The Labute approximate surface area is 127 Å². The van der Waals surface area contributed by atoms with E-state index >= 15 is 0 Å². The summed E-state index contributed by atoms with van der Waals surface area (Å²) < 4.78 is 1.71. The Bertz CT molecular complexity index is 784. The van der Waals surface area contributed by atoms with E-state index in [0.717, 1.165) is 11.5 Å². The molecule has 0 spiro atoms. The highest BCUT2D eigenvalue weighted by molar-refractivity contribution is 5.91. The third kappa shape index (κ3) is 2.95. The van der Waals surface area contributed by atoms with Gasteiger partial charge in [0.05, 0.1) is 29.8 Å². The molecule has 0 aliphatic rings. The second-order valence-corrected chi connectivity index (χ2v) is 4.66. The third-order valence-corrected chi connectivity index (χ3v) is 3.16.